The molecule has 2 aromatic carbocycles. The summed E-state index contributed by atoms with van der Waals surface area (Å²) in [6.07, 6.45) is -4.00. The fourth-order valence-electron chi connectivity index (χ4n) is 4.24. The van der Waals surface area contributed by atoms with Crippen LogP contribution < -0.4 is 4.90 Å². The number of benzene rings is 2. The van der Waals surface area contributed by atoms with Crippen LogP contribution in [-0.2, 0) is 15.7 Å². The molecule has 2 aromatic rings. The third kappa shape index (κ3) is 6.46. The van der Waals surface area contributed by atoms with E-state index in [-0.39, 0.29) is 42.2 Å². The van der Waals surface area contributed by atoms with Crippen molar-refractivity contribution >= 4 is 35.0 Å². The van der Waals surface area contributed by atoms with E-state index >= 15 is 0 Å². The van der Waals surface area contributed by atoms with Crippen LogP contribution in [0.15, 0.2) is 58.8 Å². The Morgan fingerprint density at radius 3 is 2.11 bits per heavy atom. The number of halogens is 3. The fourth-order valence-corrected chi connectivity index (χ4v) is 5.35. The van der Waals surface area contributed by atoms with Crippen LogP contribution >= 0.6 is 11.8 Å². The molecule has 38 heavy (non-hydrogen) atoms. The molecule has 0 spiro atoms. The zero-order chi connectivity index (χ0) is 27.7. The van der Waals surface area contributed by atoms with E-state index in [1.807, 2.05) is 24.3 Å². The van der Waals surface area contributed by atoms with Gasteiger partial charge in [0.15, 0.2) is 0 Å². The summed E-state index contributed by atoms with van der Waals surface area (Å²) in [4.78, 5) is 31.4. The smallest absolute Gasteiger partial charge is 0.417 e. The summed E-state index contributed by atoms with van der Waals surface area (Å²) in [5, 5.41) is 0. The summed E-state index contributed by atoms with van der Waals surface area (Å²) in [5.74, 6) is -0.453. The van der Waals surface area contributed by atoms with Gasteiger partial charge in [0.1, 0.15) is 5.60 Å². The van der Waals surface area contributed by atoms with Crippen molar-refractivity contribution in [2.24, 2.45) is 0 Å². The number of carbonyl (C=O) groups is 2. The number of rotatable bonds is 5. The number of piperazine rings is 1. The molecule has 4 rings (SSSR count). The molecule has 2 amide bonds. The summed E-state index contributed by atoms with van der Waals surface area (Å²) in [6.45, 7) is 11.9. The van der Waals surface area contributed by atoms with Crippen molar-refractivity contribution in [1.29, 1.82) is 0 Å². The minimum atomic E-state index is -4.60. The minimum Gasteiger partial charge on any atom is -0.444 e. The van der Waals surface area contributed by atoms with Gasteiger partial charge in [-0.15, -0.1) is 0 Å². The quantitative estimate of drug-likeness (QED) is 0.420. The van der Waals surface area contributed by atoms with Crippen molar-refractivity contribution in [3.8, 4) is 0 Å². The lowest BCUT2D eigenvalue weighted by molar-refractivity contribution is -0.139. The van der Waals surface area contributed by atoms with Crippen LogP contribution in [-0.4, -0.2) is 66.7 Å². The summed E-state index contributed by atoms with van der Waals surface area (Å²) in [7, 11) is 0. The maximum absolute atomic E-state index is 14.1. The van der Waals surface area contributed by atoms with E-state index < -0.39 is 29.3 Å². The highest BCUT2D eigenvalue weighted by Crippen LogP contribution is 2.43. The van der Waals surface area contributed by atoms with Gasteiger partial charge < -0.3 is 19.4 Å². The van der Waals surface area contributed by atoms with Gasteiger partial charge in [-0.2, -0.15) is 13.2 Å². The van der Waals surface area contributed by atoms with Gasteiger partial charge >= 0.3 is 12.3 Å². The predicted octanol–water partition coefficient (Wildman–Crippen LogP) is 6.16. The Balaban J connectivity index is 1.48. The summed E-state index contributed by atoms with van der Waals surface area (Å²) >= 11 is 1.07. The highest BCUT2D eigenvalue weighted by Gasteiger charge is 2.35. The van der Waals surface area contributed by atoms with E-state index in [0.29, 0.717) is 0 Å². The van der Waals surface area contributed by atoms with Crippen LogP contribution in [0.5, 0.6) is 0 Å². The molecule has 2 fully saturated rings. The zero-order valence-electron chi connectivity index (χ0n) is 21.8. The monoisotopic (exact) mass is 547 g/mol. The van der Waals surface area contributed by atoms with E-state index in [1.54, 1.807) is 20.8 Å². The molecule has 0 unspecified atom stereocenters. The molecule has 0 radical (unpaired) electrons. The van der Waals surface area contributed by atoms with Crippen molar-refractivity contribution in [1.82, 2.24) is 9.80 Å². The first-order chi connectivity index (χ1) is 17.8. The summed E-state index contributed by atoms with van der Waals surface area (Å²) in [6, 6.07) is 11.4. The number of nitrogens with zero attached hydrogens (tertiary/aromatic N) is 3. The lowest BCUT2D eigenvalue weighted by atomic mass is 10.0. The largest absolute Gasteiger partial charge is 0.444 e. The lowest BCUT2D eigenvalue weighted by Crippen LogP contribution is -2.51. The Hall–Kier alpha value is -3.14. The molecule has 2 aliphatic heterocycles. The number of anilines is 1. The number of ether oxygens (including phenoxy) is 1. The molecular formula is C28H32F3N3O3S. The summed E-state index contributed by atoms with van der Waals surface area (Å²) < 4.78 is 47.7. The van der Waals surface area contributed by atoms with Gasteiger partial charge in [-0.25, -0.2) is 4.79 Å². The van der Waals surface area contributed by atoms with Gasteiger partial charge in [-0.05, 0) is 57.0 Å². The van der Waals surface area contributed by atoms with Crippen molar-refractivity contribution < 1.29 is 27.5 Å². The fraction of sp³-hybridized carbons (Fsp3) is 0.429. The van der Waals surface area contributed by atoms with Gasteiger partial charge in [-0.1, -0.05) is 36.5 Å². The van der Waals surface area contributed by atoms with Gasteiger partial charge in [0.2, 0.25) is 0 Å². The number of para-hydroxylation sites is 1. The van der Waals surface area contributed by atoms with E-state index in [9.17, 15) is 22.8 Å². The van der Waals surface area contributed by atoms with E-state index in [1.165, 1.54) is 21.9 Å². The lowest BCUT2D eigenvalue weighted by Gasteiger charge is -2.36. The molecule has 0 atom stereocenters. The number of hydrogen-bond donors (Lipinski definition) is 0. The van der Waals surface area contributed by atoms with Crippen molar-refractivity contribution in [3.63, 3.8) is 0 Å². The van der Waals surface area contributed by atoms with E-state index in [0.717, 1.165) is 47.9 Å². The van der Waals surface area contributed by atoms with Gasteiger partial charge in [-0.3, -0.25) is 4.79 Å². The topological polar surface area (TPSA) is 53.1 Å². The molecule has 2 aliphatic rings. The molecule has 0 saturated carbocycles. The van der Waals surface area contributed by atoms with Gasteiger partial charge in [0.05, 0.1) is 11.3 Å². The van der Waals surface area contributed by atoms with Gasteiger partial charge in [0.25, 0.3) is 5.91 Å². The second-order valence-corrected chi connectivity index (χ2v) is 11.4. The standard InChI is InChI=1S/C28H32F3N3O3S/c1-19(25(35)33-14-16-34(17-15-33)26(36)37-27(2,3)4)20-10-11-23(21(18-20)28(29,30)31)38-24-9-6-5-8-22(24)32-12-7-13-32/h5-6,8-11,18H,1,7,12-17H2,2-4H3. The zero-order valence-corrected chi connectivity index (χ0v) is 22.6. The molecule has 2 heterocycles. The number of hydrogen-bond acceptors (Lipinski definition) is 5. The first-order valence-electron chi connectivity index (χ1n) is 12.5. The first-order valence-corrected chi connectivity index (χ1v) is 13.3. The average molecular weight is 548 g/mol. The Labute approximate surface area is 225 Å². The van der Waals surface area contributed by atoms with Crippen LogP contribution in [0.25, 0.3) is 5.57 Å². The molecule has 10 heteroatoms. The van der Waals surface area contributed by atoms with Gasteiger partial charge in [0, 0.05) is 54.6 Å². The average Bonchev–Trinajstić information content (AvgIpc) is 2.82. The number of carbonyl (C=O) groups excluding carboxylic acids is 2. The molecule has 0 N–H and O–H groups in total. The highest BCUT2D eigenvalue weighted by atomic mass is 32.2. The predicted molar refractivity (Wildman–Crippen MR) is 142 cm³/mol. The normalized spacial score (nSPS) is 16.2. The second-order valence-electron chi connectivity index (χ2n) is 10.4. The highest BCUT2D eigenvalue weighted by molar-refractivity contribution is 7.99. The van der Waals surface area contributed by atoms with Crippen molar-refractivity contribution in [2.45, 2.75) is 48.8 Å². The first kappa shape index (κ1) is 27.9. The molecule has 0 aliphatic carbocycles. The van der Waals surface area contributed by atoms with Crippen molar-refractivity contribution in [3.05, 3.63) is 60.2 Å². The Morgan fingerprint density at radius 2 is 1.53 bits per heavy atom. The molecule has 2 saturated heterocycles. The molecule has 0 bridgehead atoms. The van der Waals surface area contributed by atoms with Crippen LogP contribution in [0.2, 0.25) is 0 Å². The third-order valence-electron chi connectivity index (χ3n) is 6.39. The van der Waals surface area contributed by atoms with Crippen molar-refractivity contribution in [2.75, 3.05) is 44.2 Å². The molecule has 204 valence electrons. The Morgan fingerprint density at radius 1 is 0.895 bits per heavy atom. The van der Waals surface area contributed by atoms with E-state index in [2.05, 4.69) is 11.5 Å². The van der Waals surface area contributed by atoms with Crippen LogP contribution in [0.4, 0.5) is 23.7 Å². The molecule has 6 nitrogen and oxygen atoms in total. The summed E-state index contributed by atoms with van der Waals surface area (Å²) in [5.41, 5.74) is -0.403. The van der Waals surface area contributed by atoms with Crippen LogP contribution in [0, 0.1) is 0 Å². The number of alkyl halides is 3. The molecule has 0 aromatic heterocycles. The van der Waals surface area contributed by atoms with Crippen LogP contribution in [0.3, 0.4) is 0 Å². The molecular weight excluding hydrogens is 515 g/mol. The van der Waals surface area contributed by atoms with Crippen LogP contribution in [0.1, 0.15) is 38.3 Å². The Kier molecular flexibility index (Phi) is 8.01. The Bertz CT molecular complexity index is 1210. The minimum absolute atomic E-state index is 0.0150. The van der Waals surface area contributed by atoms with E-state index in [4.69, 9.17) is 4.74 Å². The second kappa shape index (κ2) is 10.9. The maximum atomic E-state index is 14.1. The third-order valence-corrected chi connectivity index (χ3v) is 7.53. The number of amides is 2. The maximum Gasteiger partial charge on any atom is 0.417 e. The SMILES string of the molecule is C=C(C(=O)N1CCN(C(=O)OC(C)(C)C)CC1)c1ccc(Sc2ccccc2N2CCC2)c(C(F)(F)F)c1.